The Morgan fingerprint density at radius 2 is 1.94 bits per heavy atom. The lowest BCUT2D eigenvalue weighted by Crippen LogP contribution is -2.42. The average molecular weight is 421 g/mol. The van der Waals surface area contributed by atoms with Gasteiger partial charge in [-0.25, -0.2) is 4.98 Å². The van der Waals surface area contributed by atoms with Gasteiger partial charge in [-0.1, -0.05) is 0 Å². The Morgan fingerprint density at radius 3 is 2.84 bits per heavy atom. The number of aliphatic hydroxyl groups excluding tert-OH is 1. The lowest BCUT2D eigenvalue weighted by Gasteiger charge is -2.35. The predicted molar refractivity (Wildman–Crippen MR) is 110 cm³/mol. The first-order valence-electron chi connectivity index (χ1n) is 10.6. The molecular weight excluding hydrogens is 398 g/mol. The number of likely N-dealkylation sites (tertiary alicyclic amines) is 1. The SMILES string of the molecule is O=C(c1ccc2nccn2c1)N1C[C@H]2C[C@@H](Oc3ccc4c(c3)OCO4)[C@H](O)C[C@H]2C1. The van der Waals surface area contributed by atoms with Crippen molar-refractivity contribution in [3.05, 3.63) is 54.5 Å². The molecule has 6 rings (SSSR count). The molecule has 4 heterocycles. The van der Waals surface area contributed by atoms with E-state index in [1.807, 2.05) is 46.0 Å². The van der Waals surface area contributed by atoms with Crippen molar-refractivity contribution >= 4 is 11.6 Å². The fourth-order valence-electron chi connectivity index (χ4n) is 5.04. The Bertz CT molecular complexity index is 1150. The summed E-state index contributed by atoms with van der Waals surface area (Å²) in [5, 5.41) is 10.7. The van der Waals surface area contributed by atoms with Gasteiger partial charge in [0.05, 0.1) is 11.7 Å². The van der Waals surface area contributed by atoms with Crippen LogP contribution in [-0.2, 0) is 0 Å². The maximum Gasteiger partial charge on any atom is 0.255 e. The van der Waals surface area contributed by atoms with Crippen LogP contribution in [0.25, 0.3) is 5.65 Å². The standard InChI is InChI=1S/C23H23N3O5/c27-18-7-15-11-26(23(28)14-1-4-22-24-5-6-25(22)10-14)12-16(15)8-20(18)31-17-2-3-19-21(9-17)30-13-29-19/h1-6,9-10,15-16,18,20,27H,7-8,11-13H2/t15-,16+,18+,20+/m0/s1. The van der Waals surface area contributed by atoms with Crippen molar-refractivity contribution in [2.75, 3.05) is 19.9 Å². The molecule has 1 saturated heterocycles. The molecule has 31 heavy (non-hydrogen) atoms. The van der Waals surface area contributed by atoms with Crippen molar-refractivity contribution in [3.8, 4) is 17.2 Å². The summed E-state index contributed by atoms with van der Waals surface area (Å²) in [5.41, 5.74) is 1.47. The summed E-state index contributed by atoms with van der Waals surface area (Å²) in [6, 6.07) is 9.14. The fourth-order valence-corrected chi connectivity index (χ4v) is 5.04. The highest BCUT2D eigenvalue weighted by atomic mass is 16.7. The maximum absolute atomic E-state index is 13.1. The first-order valence-corrected chi connectivity index (χ1v) is 10.6. The van der Waals surface area contributed by atoms with Gasteiger partial charge in [-0.15, -0.1) is 0 Å². The van der Waals surface area contributed by atoms with Crippen LogP contribution in [-0.4, -0.2) is 57.4 Å². The molecule has 8 nitrogen and oxygen atoms in total. The number of hydrogen-bond donors (Lipinski definition) is 1. The number of nitrogens with zero attached hydrogens (tertiary/aromatic N) is 3. The summed E-state index contributed by atoms with van der Waals surface area (Å²) < 4.78 is 18.7. The second-order valence-corrected chi connectivity index (χ2v) is 8.55. The van der Waals surface area contributed by atoms with Crippen LogP contribution in [0.4, 0.5) is 0 Å². The first kappa shape index (κ1) is 18.5. The number of carbonyl (C=O) groups excluding carboxylic acids is 1. The molecule has 8 heteroatoms. The van der Waals surface area contributed by atoms with Crippen molar-refractivity contribution in [1.29, 1.82) is 0 Å². The lowest BCUT2D eigenvalue weighted by molar-refractivity contribution is -0.0232. The number of hydrogen-bond acceptors (Lipinski definition) is 6. The largest absolute Gasteiger partial charge is 0.488 e. The Kier molecular flexibility index (Phi) is 4.27. The number of amides is 1. The highest BCUT2D eigenvalue weighted by Gasteiger charge is 2.44. The molecule has 160 valence electrons. The summed E-state index contributed by atoms with van der Waals surface area (Å²) in [5.74, 6) is 2.64. The van der Waals surface area contributed by atoms with Crippen LogP contribution in [0.5, 0.6) is 17.2 Å². The van der Waals surface area contributed by atoms with Gasteiger partial charge >= 0.3 is 0 Å². The van der Waals surface area contributed by atoms with Crippen molar-refractivity contribution in [2.45, 2.75) is 25.0 Å². The third kappa shape index (κ3) is 3.27. The Hall–Kier alpha value is -3.26. The second-order valence-electron chi connectivity index (χ2n) is 8.55. The summed E-state index contributed by atoms with van der Waals surface area (Å²) in [4.78, 5) is 19.2. The number of rotatable bonds is 3. The van der Waals surface area contributed by atoms with Gasteiger partial charge in [0.2, 0.25) is 6.79 Å². The monoisotopic (exact) mass is 421 g/mol. The van der Waals surface area contributed by atoms with Crippen molar-refractivity contribution < 1.29 is 24.1 Å². The number of benzene rings is 1. The molecule has 3 aliphatic rings. The van der Waals surface area contributed by atoms with Gasteiger partial charge < -0.3 is 28.6 Å². The minimum absolute atomic E-state index is 0.0210. The first-order chi connectivity index (χ1) is 15.1. The van der Waals surface area contributed by atoms with E-state index in [0.29, 0.717) is 54.7 Å². The van der Waals surface area contributed by atoms with Gasteiger partial charge in [0.25, 0.3) is 5.91 Å². The Balaban J connectivity index is 1.14. The molecule has 0 spiro atoms. The molecule has 1 amide bonds. The van der Waals surface area contributed by atoms with Crippen molar-refractivity contribution in [1.82, 2.24) is 14.3 Å². The van der Waals surface area contributed by atoms with E-state index in [1.54, 1.807) is 12.3 Å². The average Bonchev–Trinajstić information content (AvgIpc) is 3.51. The van der Waals surface area contributed by atoms with Crippen LogP contribution in [0.2, 0.25) is 0 Å². The van der Waals surface area contributed by atoms with E-state index in [2.05, 4.69) is 4.98 Å². The molecule has 2 fully saturated rings. The highest BCUT2D eigenvalue weighted by molar-refractivity contribution is 5.94. The summed E-state index contributed by atoms with van der Waals surface area (Å²) >= 11 is 0. The summed E-state index contributed by atoms with van der Waals surface area (Å²) in [6.07, 6.45) is 5.85. The molecule has 3 aromatic rings. The zero-order valence-electron chi connectivity index (χ0n) is 16.9. The third-order valence-electron chi connectivity index (χ3n) is 6.64. The molecule has 2 aliphatic heterocycles. The van der Waals surface area contributed by atoms with E-state index >= 15 is 0 Å². The van der Waals surface area contributed by atoms with Crippen molar-refractivity contribution in [3.63, 3.8) is 0 Å². The molecule has 0 bridgehead atoms. The van der Waals surface area contributed by atoms with E-state index in [9.17, 15) is 9.90 Å². The third-order valence-corrected chi connectivity index (χ3v) is 6.64. The number of ether oxygens (including phenoxy) is 3. The quantitative estimate of drug-likeness (QED) is 0.699. The topological polar surface area (TPSA) is 85.5 Å². The van der Waals surface area contributed by atoms with Crippen molar-refractivity contribution in [2.24, 2.45) is 11.8 Å². The van der Waals surface area contributed by atoms with Crippen LogP contribution >= 0.6 is 0 Å². The van der Waals surface area contributed by atoms with Gasteiger partial charge in [0.1, 0.15) is 17.5 Å². The van der Waals surface area contributed by atoms with Gasteiger partial charge in [-0.3, -0.25) is 4.79 Å². The Morgan fingerprint density at radius 1 is 1.10 bits per heavy atom. The molecular formula is C23H23N3O5. The Labute approximate surface area is 179 Å². The smallest absolute Gasteiger partial charge is 0.255 e. The molecule has 1 aromatic carbocycles. The minimum Gasteiger partial charge on any atom is -0.488 e. The van der Waals surface area contributed by atoms with E-state index in [0.717, 1.165) is 5.65 Å². The number of pyridine rings is 1. The van der Waals surface area contributed by atoms with Gasteiger partial charge in [0, 0.05) is 37.7 Å². The minimum atomic E-state index is -0.566. The molecule has 1 saturated carbocycles. The van der Waals surface area contributed by atoms with E-state index in [1.165, 1.54) is 0 Å². The maximum atomic E-state index is 13.1. The van der Waals surface area contributed by atoms with Gasteiger partial charge in [-0.05, 0) is 48.9 Å². The normalized spacial score (nSPS) is 26.8. The zero-order chi connectivity index (χ0) is 20.9. The van der Waals surface area contributed by atoms with E-state index in [-0.39, 0.29) is 24.7 Å². The second kappa shape index (κ2) is 7.16. The fraction of sp³-hybridized carbons (Fsp3) is 0.391. The van der Waals surface area contributed by atoms with E-state index < -0.39 is 6.10 Å². The summed E-state index contributed by atoms with van der Waals surface area (Å²) in [6.45, 7) is 1.56. The summed E-state index contributed by atoms with van der Waals surface area (Å²) in [7, 11) is 0. The van der Waals surface area contributed by atoms with Crippen LogP contribution < -0.4 is 14.2 Å². The van der Waals surface area contributed by atoms with E-state index in [4.69, 9.17) is 14.2 Å². The number of carbonyl (C=O) groups is 1. The zero-order valence-corrected chi connectivity index (χ0v) is 16.9. The highest BCUT2D eigenvalue weighted by Crippen LogP contribution is 2.40. The number of aromatic nitrogens is 2. The predicted octanol–water partition coefficient (Wildman–Crippen LogP) is 2.35. The number of aliphatic hydroxyl groups is 1. The molecule has 1 aliphatic carbocycles. The van der Waals surface area contributed by atoms with Gasteiger partial charge in [0.15, 0.2) is 11.5 Å². The number of imidazole rings is 1. The van der Waals surface area contributed by atoms with Gasteiger partial charge in [-0.2, -0.15) is 0 Å². The van der Waals surface area contributed by atoms with Crippen LogP contribution in [0, 0.1) is 11.8 Å². The van der Waals surface area contributed by atoms with Crippen LogP contribution in [0.15, 0.2) is 48.9 Å². The molecule has 1 N–H and O–H groups in total. The van der Waals surface area contributed by atoms with Crippen LogP contribution in [0.1, 0.15) is 23.2 Å². The molecule has 0 unspecified atom stereocenters. The molecule has 0 radical (unpaired) electrons. The molecule has 2 aromatic heterocycles. The number of fused-ring (bicyclic) bond motifs is 3. The molecule has 4 atom stereocenters. The van der Waals surface area contributed by atoms with Crippen LogP contribution in [0.3, 0.4) is 0 Å². The lowest BCUT2D eigenvalue weighted by atomic mass is 9.78.